The Morgan fingerprint density at radius 3 is 2.12 bits per heavy atom. The number of benzene rings is 1. The summed E-state index contributed by atoms with van der Waals surface area (Å²) in [6, 6.07) is 7.82. The Morgan fingerprint density at radius 1 is 1.19 bits per heavy atom. The molecule has 0 amide bonds. The minimum Gasteiger partial charge on any atom is -0.497 e. The molecular weight excluding hydrogens is 202 g/mol. The van der Waals surface area contributed by atoms with Gasteiger partial charge in [0.2, 0.25) is 0 Å². The van der Waals surface area contributed by atoms with Crippen LogP contribution in [0.5, 0.6) is 5.75 Å². The van der Waals surface area contributed by atoms with E-state index in [1.54, 1.807) is 7.11 Å². The highest BCUT2D eigenvalue weighted by atomic mass is 16.5. The topological polar surface area (TPSA) is 44.5 Å². The van der Waals surface area contributed by atoms with Gasteiger partial charge in [0.05, 0.1) is 18.8 Å². The highest BCUT2D eigenvalue weighted by molar-refractivity contribution is 5.28. The van der Waals surface area contributed by atoms with Gasteiger partial charge in [0, 0.05) is 6.54 Å². The van der Waals surface area contributed by atoms with Crippen LogP contribution in [0.1, 0.15) is 32.4 Å². The first-order valence-corrected chi connectivity index (χ1v) is 5.48. The van der Waals surface area contributed by atoms with Crippen LogP contribution in [0, 0.1) is 0 Å². The van der Waals surface area contributed by atoms with Crippen molar-refractivity contribution in [1.82, 2.24) is 0 Å². The predicted molar refractivity (Wildman–Crippen MR) is 65.6 cm³/mol. The van der Waals surface area contributed by atoms with E-state index >= 15 is 0 Å². The van der Waals surface area contributed by atoms with Crippen LogP contribution in [0.3, 0.4) is 0 Å². The lowest BCUT2D eigenvalue weighted by atomic mass is 10.1. The van der Waals surface area contributed by atoms with E-state index < -0.39 is 0 Å². The Balaban J connectivity index is 2.79. The van der Waals surface area contributed by atoms with Crippen molar-refractivity contribution in [2.45, 2.75) is 32.5 Å². The van der Waals surface area contributed by atoms with Crippen molar-refractivity contribution in [2.75, 3.05) is 13.7 Å². The van der Waals surface area contributed by atoms with Crippen LogP contribution < -0.4 is 10.5 Å². The maximum absolute atomic E-state index is 5.88. The maximum atomic E-state index is 5.88. The van der Waals surface area contributed by atoms with Crippen molar-refractivity contribution in [3.05, 3.63) is 29.8 Å². The third kappa shape index (κ3) is 3.83. The number of methoxy groups -OCH3 is 1. The highest BCUT2D eigenvalue weighted by Gasteiger charge is 2.19. The molecule has 0 aliphatic heterocycles. The molecular formula is C13H21NO2. The van der Waals surface area contributed by atoms with Crippen molar-refractivity contribution in [3.63, 3.8) is 0 Å². The molecule has 0 radical (unpaired) electrons. The largest absolute Gasteiger partial charge is 0.497 e. The molecule has 3 nitrogen and oxygen atoms in total. The number of nitrogens with two attached hydrogens (primary N) is 1. The zero-order valence-corrected chi connectivity index (χ0v) is 10.5. The Morgan fingerprint density at radius 2 is 1.75 bits per heavy atom. The molecule has 0 aromatic heterocycles. The van der Waals surface area contributed by atoms with Crippen LogP contribution in [-0.2, 0) is 4.74 Å². The lowest BCUT2D eigenvalue weighted by molar-refractivity contribution is -0.0572. The number of hydrogen-bond acceptors (Lipinski definition) is 3. The lowest BCUT2D eigenvalue weighted by Gasteiger charge is -2.27. The summed E-state index contributed by atoms with van der Waals surface area (Å²) in [6.07, 6.45) is -0.0640. The van der Waals surface area contributed by atoms with Gasteiger partial charge >= 0.3 is 0 Å². The van der Waals surface area contributed by atoms with E-state index in [1.807, 2.05) is 45.0 Å². The average Bonchev–Trinajstić information content (AvgIpc) is 2.25. The van der Waals surface area contributed by atoms with Crippen molar-refractivity contribution in [1.29, 1.82) is 0 Å². The number of hydrogen-bond donors (Lipinski definition) is 1. The minimum atomic E-state index is -0.191. The minimum absolute atomic E-state index is 0.0640. The Hall–Kier alpha value is -1.06. The van der Waals surface area contributed by atoms with Gasteiger partial charge in [0.25, 0.3) is 0 Å². The predicted octanol–water partition coefficient (Wildman–Crippen LogP) is 2.51. The molecule has 1 aromatic carbocycles. The first-order chi connectivity index (χ1) is 7.46. The first-order valence-electron chi connectivity index (χ1n) is 5.48. The van der Waals surface area contributed by atoms with Crippen LogP contribution in [0.25, 0.3) is 0 Å². The summed E-state index contributed by atoms with van der Waals surface area (Å²) in [4.78, 5) is 0. The molecule has 0 heterocycles. The highest BCUT2D eigenvalue weighted by Crippen LogP contribution is 2.24. The fraction of sp³-hybridized carbons (Fsp3) is 0.538. The second-order valence-electron chi connectivity index (χ2n) is 4.73. The fourth-order valence-corrected chi connectivity index (χ4v) is 1.50. The molecule has 2 N–H and O–H groups in total. The molecule has 0 spiro atoms. The molecule has 16 heavy (non-hydrogen) atoms. The molecule has 3 heteroatoms. The van der Waals surface area contributed by atoms with Crippen LogP contribution in [0.4, 0.5) is 0 Å². The summed E-state index contributed by atoms with van der Waals surface area (Å²) >= 11 is 0. The van der Waals surface area contributed by atoms with E-state index in [0.29, 0.717) is 6.54 Å². The van der Waals surface area contributed by atoms with Crippen LogP contribution in [0.2, 0.25) is 0 Å². The second kappa shape index (κ2) is 5.32. The molecule has 0 saturated heterocycles. The molecule has 1 atom stereocenters. The van der Waals surface area contributed by atoms with E-state index in [1.165, 1.54) is 0 Å². The van der Waals surface area contributed by atoms with Gasteiger partial charge in [-0.15, -0.1) is 0 Å². The zero-order chi connectivity index (χ0) is 12.2. The lowest BCUT2D eigenvalue weighted by Crippen LogP contribution is -2.27. The number of rotatable bonds is 4. The zero-order valence-electron chi connectivity index (χ0n) is 10.5. The number of ether oxygens (including phenoxy) is 2. The second-order valence-corrected chi connectivity index (χ2v) is 4.73. The summed E-state index contributed by atoms with van der Waals surface area (Å²) < 4.78 is 11.0. The molecule has 0 aliphatic carbocycles. The summed E-state index contributed by atoms with van der Waals surface area (Å²) in [5.74, 6) is 0.843. The van der Waals surface area contributed by atoms with E-state index in [0.717, 1.165) is 11.3 Å². The molecule has 1 rings (SSSR count). The van der Waals surface area contributed by atoms with E-state index in [4.69, 9.17) is 15.2 Å². The molecule has 0 bridgehead atoms. The SMILES string of the molecule is COc1ccc(C(CN)OC(C)(C)C)cc1. The normalized spacial score (nSPS) is 13.6. The van der Waals surface area contributed by atoms with Crippen LogP contribution in [0.15, 0.2) is 24.3 Å². The van der Waals surface area contributed by atoms with Crippen molar-refractivity contribution < 1.29 is 9.47 Å². The smallest absolute Gasteiger partial charge is 0.118 e. The van der Waals surface area contributed by atoms with Gasteiger partial charge in [-0.3, -0.25) is 0 Å². The van der Waals surface area contributed by atoms with Crippen molar-refractivity contribution in [2.24, 2.45) is 5.73 Å². The Labute approximate surface area is 97.6 Å². The third-order valence-corrected chi connectivity index (χ3v) is 2.20. The molecule has 1 unspecified atom stereocenters. The molecule has 1 aromatic rings. The average molecular weight is 223 g/mol. The van der Waals surface area contributed by atoms with Gasteiger partial charge in [0.15, 0.2) is 0 Å². The third-order valence-electron chi connectivity index (χ3n) is 2.20. The van der Waals surface area contributed by atoms with Gasteiger partial charge in [0.1, 0.15) is 5.75 Å². The molecule has 0 fully saturated rings. The van der Waals surface area contributed by atoms with E-state index in [-0.39, 0.29) is 11.7 Å². The summed E-state index contributed by atoms with van der Waals surface area (Å²) in [7, 11) is 1.65. The summed E-state index contributed by atoms with van der Waals surface area (Å²) in [5, 5.41) is 0. The summed E-state index contributed by atoms with van der Waals surface area (Å²) in [6.45, 7) is 6.56. The Bertz CT molecular complexity index is 314. The van der Waals surface area contributed by atoms with E-state index in [9.17, 15) is 0 Å². The van der Waals surface area contributed by atoms with Gasteiger partial charge in [-0.25, -0.2) is 0 Å². The van der Waals surface area contributed by atoms with Crippen molar-refractivity contribution >= 4 is 0 Å². The van der Waals surface area contributed by atoms with Gasteiger partial charge in [-0.2, -0.15) is 0 Å². The standard InChI is InChI=1S/C13H21NO2/c1-13(2,3)16-12(9-14)10-5-7-11(15-4)8-6-10/h5-8,12H,9,14H2,1-4H3. The van der Waals surface area contributed by atoms with Crippen molar-refractivity contribution in [3.8, 4) is 5.75 Å². The molecule has 0 saturated carbocycles. The van der Waals surface area contributed by atoms with Gasteiger partial charge in [-0.1, -0.05) is 12.1 Å². The molecule has 0 aliphatic rings. The van der Waals surface area contributed by atoms with Crippen LogP contribution in [-0.4, -0.2) is 19.3 Å². The molecule has 90 valence electrons. The van der Waals surface area contributed by atoms with Crippen LogP contribution >= 0.6 is 0 Å². The fourth-order valence-electron chi connectivity index (χ4n) is 1.50. The monoisotopic (exact) mass is 223 g/mol. The maximum Gasteiger partial charge on any atom is 0.118 e. The van der Waals surface area contributed by atoms with Gasteiger partial charge < -0.3 is 15.2 Å². The first kappa shape index (κ1) is 13.0. The van der Waals surface area contributed by atoms with E-state index in [2.05, 4.69) is 0 Å². The quantitative estimate of drug-likeness (QED) is 0.853. The Kier molecular flexibility index (Phi) is 4.33. The van der Waals surface area contributed by atoms with Gasteiger partial charge in [-0.05, 0) is 38.5 Å². The summed E-state index contributed by atoms with van der Waals surface area (Å²) in [5.41, 5.74) is 6.62.